The Morgan fingerprint density at radius 3 is 1.82 bits per heavy atom. The van der Waals surface area contributed by atoms with E-state index < -0.39 is 54.4 Å². The van der Waals surface area contributed by atoms with Crippen LogP contribution in [0.25, 0.3) is 0 Å². The van der Waals surface area contributed by atoms with Crippen LogP contribution in [0.2, 0.25) is 0 Å². The number of hydrogen-bond acceptors (Lipinski definition) is 9. The highest BCUT2D eigenvalue weighted by Crippen LogP contribution is 2.33. The third-order valence-corrected chi connectivity index (χ3v) is 5.04. The molecule has 0 radical (unpaired) electrons. The van der Waals surface area contributed by atoms with E-state index in [1.807, 2.05) is 0 Å². The maximum absolute atomic E-state index is 12.7. The maximum atomic E-state index is 12.7. The van der Waals surface area contributed by atoms with Crippen molar-refractivity contribution in [1.29, 1.82) is 0 Å². The normalized spacial score (nSPS) is 23.4. The van der Waals surface area contributed by atoms with E-state index in [0.29, 0.717) is 0 Å². The van der Waals surface area contributed by atoms with Crippen LogP contribution < -0.4 is 0 Å². The monoisotopic (exact) mass is 468 g/mol. The van der Waals surface area contributed by atoms with Gasteiger partial charge < -0.3 is 24.1 Å². The van der Waals surface area contributed by atoms with E-state index in [1.54, 1.807) is 36.4 Å². The summed E-state index contributed by atoms with van der Waals surface area (Å²) < 4.78 is 21.3. The van der Waals surface area contributed by atoms with Crippen LogP contribution >= 0.6 is 0 Å². The highest BCUT2D eigenvalue weighted by Gasteiger charge is 2.55. The third-order valence-electron chi connectivity index (χ3n) is 5.04. The van der Waals surface area contributed by atoms with Crippen LogP contribution in [0.4, 0.5) is 0 Å². The minimum absolute atomic E-state index is 0.214. The quantitative estimate of drug-likeness (QED) is 0.370. The van der Waals surface area contributed by atoms with E-state index in [0.717, 1.165) is 13.8 Å². The van der Waals surface area contributed by atoms with Gasteiger partial charge >= 0.3 is 23.9 Å². The molecule has 0 saturated heterocycles. The third kappa shape index (κ3) is 5.87. The first-order valence-corrected chi connectivity index (χ1v) is 10.4. The summed E-state index contributed by atoms with van der Waals surface area (Å²) in [6.07, 6.45) is -1.51. The zero-order valence-electron chi connectivity index (χ0n) is 18.6. The Bertz CT molecular complexity index is 1060. The first-order valence-electron chi connectivity index (χ1n) is 10.4. The molecule has 0 unspecified atom stereocenters. The lowest BCUT2D eigenvalue weighted by molar-refractivity contribution is -0.211. The number of hydrogen-bond donors (Lipinski definition) is 1. The Morgan fingerprint density at radius 2 is 1.29 bits per heavy atom. The standard InChI is InChI=1S/C25H24O9/c1-16(26)32-20-13-14-21(34-24(29)19-11-7-4-8-12-19)25(30,22(20)33-17(2)27)15-31-23(28)18-9-5-3-6-10-18/h3-14,20-22,30H,15H2,1-2H3/t20-,21-,22+,25+/m1/s1. The van der Waals surface area contributed by atoms with Crippen molar-refractivity contribution in [2.24, 2.45) is 0 Å². The Hall–Kier alpha value is -3.98. The average molecular weight is 468 g/mol. The molecule has 0 fully saturated rings. The molecule has 9 heteroatoms. The SMILES string of the molecule is CC(=O)O[C@@H]1C=C[C@@H](OC(=O)c2ccccc2)[C@@](O)(COC(=O)c2ccccc2)[C@H]1OC(C)=O. The van der Waals surface area contributed by atoms with Crippen molar-refractivity contribution in [2.45, 2.75) is 37.8 Å². The minimum Gasteiger partial charge on any atom is -0.459 e. The van der Waals surface area contributed by atoms with E-state index in [-0.39, 0.29) is 11.1 Å². The van der Waals surface area contributed by atoms with Crippen LogP contribution in [-0.2, 0) is 28.5 Å². The Balaban J connectivity index is 1.93. The number of rotatable bonds is 7. The smallest absolute Gasteiger partial charge is 0.338 e. The fraction of sp³-hybridized carbons (Fsp3) is 0.280. The summed E-state index contributed by atoms with van der Waals surface area (Å²) in [6, 6.07) is 16.1. The zero-order valence-corrected chi connectivity index (χ0v) is 18.6. The largest absolute Gasteiger partial charge is 0.459 e. The molecule has 2 aromatic carbocycles. The van der Waals surface area contributed by atoms with Crippen LogP contribution in [0.15, 0.2) is 72.8 Å². The average Bonchev–Trinajstić information content (AvgIpc) is 2.82. The lowest BCUT2D eigenvalue weighted by Gasteiger charge is -2.43. The van der Waals surface area contributed by atoms with E-state index in [4.69, 9.17) is 18.9 Å². The van der Waals surface area contributed by atoms with Gasteiger partial charge in [0.05, 0.1) is 11.1 Å². The number of esters is 4. The number of aliphatic hydroxyl groups is 1. The summed E-state index contributed by atoms with van der Waals surface area (Å²) in [7, 11) is 0. The van der Waals surface area contributed by atoms with Crippen LogP contribution in [0, 0.1) is 0 Å². The van der Waals surface area contributed by atoms with Crippen molar-refractivity contribution < 1.29 is 43.2 Å². The van der Waals surface area contributed by atoms with Crippen LogP contribution in [0.5, 0.6) is 0 Å². The molecule has 1 aliphatic rings. The molecule has 0 aliphatic heterocycles. The highest BCUT2D eigenvalue weighted by atomic mass is 16.6. The second-order valence-electron chi connectivity index (χ2n) is 7.61. The molecular weight excluding hydrogens is 444 g/mol. The van der Waals surface area contributed by atoms with Crippen molar-refractivity contribution in [2.75, 3.05) is 6.61 Å². The zero-order chi connectivity index (χ0) is 24.7. The Kier molecular flexibility index (Phi) is 7.80. The molecule has 3 rings (SSSR count). The second kappa shape index (κ2) is 10.8. The molecule has 178 valence electrons. The number of carbonyl (C=O) groups excluding carboxylic acids is 4. The van der Waals surface area contributed by atoms with Gasteiger partial charge in [0.25, 0.3) is 0 Å². The number of ether oxygens (including phenoxy) is 4. The van der Waals surface area contributed by atoms with E-state index in [9.17, 15) is 24.3 Å². The summed E-state index contributed by atoms with van der Waals surface area (Å²) in [5.74, 6) is -3.02. The van der Waals surface area contributed by atoms with Crippen molar-refractivity contribution in [3.63, 3.8) is 0 Å². The first kappa shape index (κ1) is 24.7. The molecule has 0 heterocycles. The molecule has 2 aromatic rings. The lowest BCUT2D eigenvalue weighted by atomic mass is 9.82. The van der Waals surface area contributed by atoms with Gasteiger partial charge in [0.2, 0.25) is 0 Å². The van der Waals surface area contributed by atoms with Gasteiger partial charge in [-0.3, -0.25) is 9.59 Å². The minimum atomic E-state index is -2.27. The summed E-state index contributed by atoms with van der Waals surface area (Å²) in [5.41, 5.74) is -1.84. The fourth-order valence-corrected chi connectivity index (χ4v) is 3.47. The second-order valence-corrected chi connectivity index (χ2v) is 7.61. The van der Waals surface area contributed by atoms with Gasteiger partial charge in [-0.1, -0.05) is 36.4 Å². The molecule has 0 aromatic heterocycles. The van der Waals surface area contributed by atoms with Crippen LogP contribution in [0.1, 0.15) is 34.6 Å². The summed E-state index contributed by atoms with van der Waals surface area (Å²) >= 11 is 0. The number of benzene rings is 2. The van der Waals surface area contributed by atoms with Crippen molar-refractivity contribution in [3.8, 4) is 0 Å². The molecule has 0 spiro atoms. The molecular formula is C25H24O9. The predicted molar refractivity (Wildman–Crippen MR) is 118 cm³/mol. The number of carbonyl (C=O) groups is 4. The van der Waals surface area contributed by atoms with E-state index >= 15 is 0 Å². The van der Waals surface area contributed by atoms with Gasteiger partial charge in [-0.05, 0) is 36.4 Å². The van der Waals surface area contributed by atoms with Crippen molar-refractivity contribution in [3.05, 3.63) is 83.9 Å². The topological polar surface area (TPSA) is 125 Å². The van der Waals surface area contributed by atoms with E-state index in [1.165, 1.54) is 36.4 Å². The molecule has 1 N–H and O–H groups in total. The summed E-state index contributed by atoms with van der Waals surface area (Å²) in [4.78, 5) is 48.6. The summed E-state index contributed by atoms with van der Waals surface area (Å²) in [5, 5.41) is 11.6. The predicted octanol–water partition coefficient (Wildman–Crippen LogP) is 2.23. The van der Waals surface area contributed by atoms with Crippen LogP contribution in [-0.4, -0.2) is 59.5 Å². The van der Waals surface area contributed by atoms with Gasteiger partial charge in [0.15, 0.2) is 23.9 Å². The molecule has 0 bridgehead atoms. The molecule has 9 nitrogen and oxygen atoms in total. The van der Waals surface area contributed by atoms with E-state index in [2.05, 4.69) is 0 Å². The highest BCUT2D eigenvalue weighted by molar-refractivity contribution is 5.90. The molecule has 34 heavy (non-hydrogen) atoms. The molecule has 4 atom stereocenters. The Morgan fingerprint density at radius 1 is 0.765 bits per heavy atom. The van der Waals surface area contributed by atoms with Crippen molar-refractivity contribution >= 4 is 23.9 Å². The lowest BCUT2D eigenvalue weighted by Crippen LogP contribution is -2.64. The van der Waals surface area contributed by atoms with Crippen LogP contribution in [0.3, 0.4) is 0 Å². The van der Waals surface area contributed by atoms with Gasteiger partial charge in [-0.2, -0.15) is 0 Å². The van der Waals surface area contributed by atoms with Gasteiger partial charge in [0, 0.05) is 13.8 Å². The molecule has 1 aliphatic carbocycles. The van der Waals surface area contributed by atoms with Crippen molar-refractivity contribution in [1.82, 2.24) is 0 Å². The Labute approximate surface area is 195 Å². The molecule has 0 saturated carbocycles. The summed E-state index contributed by atoms with van der Waals surface area (Å²) in [6.45, 7) is 1.52. The first-order chi connectivity index (χ1) is 16.2. The fourth-order valence-electron chi connectivity index (χ4n) is 3.47. The van der Waals surface area contributed by atoms with Gasteiger partial charge in [-0.25, -0.2) is 9.59 Å². The maximum Gasteiger partial charge on any atom is 0.338 e. The molecule has 0 amide bonds. The van der Waals surface area contributed by atoms with Gasteiger partial charge in [-0.15, -0.1) is 0 Å². The van der Waals surface area contributed by atoms with Gasteiger partial charge in [0.1, 0.15) is 6.61 Å².